The van der Waals surface area contributed by atoms with Crippen LogP contribution in [-0.2, 0) is 6.42 Å². The van der Waals surface area contributed by atoms with Crippen LogP contribution in [0, 0.1) is 0 Å². The molecule has 3 rings (SSSR count). The van der Waals surface area contributed by atoms with E-state index in [0.29, 0.717) is 11.5 Å². The quantitative estimate of drug-likeness (QED) is 0.620. The Balaban J connectivity index is 2.12. The van der Waals surface area contributed by atoms with Crippen LogP contribution in [0.15, 0.2) is 27.6 Å². The largest absolute Gasteiger partial charge is 0.469 e. The summed E-state index contributed by atoms with van der Waals surface area (Å²) in [4.78, 5) is 14.2. The molecule has 0 saturated carbocycles. The third-order valence-corrected chi connectivity index (χ3v) is 2.29. The van der Waals surface area contributed by atoms with Crippen LogP contribution in [0.4, 0.5) is 5.95 Å². The van der Waals surface area contributed by atoms with Crippen molar-refractivity contribution < 1.29 is 4.42 Å². The third-order valence-electron chi connectivity index (χ3n) is 2.29. The number of aromatic nitrogens is 5. The number of nitrogens with two attached hydrogens (primary N) is 1. The zero-order valence-corrected chi connectivity index (χ0v) is 8.62. The van der Waals surface area contributed by atoms with Gasteiger partial charge in [0.15, 0.2) is 0 Å². The van der Waals surface area contributed by atoms with E-state index in [1.54, 1.807) is 12.1 Å². The lowest BCUT2D eigenvalue weighted by atomic mass is 10.2. The van der Waals surface area contributed by atoms with Crippen molar-refractivity contribution in [2.75, 3.05) is 5.73 Å². The fourth-order valence-corrected chi connectivity index (χ4v) is 1.50. The van der Waals surface area contributed by atoms with Crippen molar-refractivity contribution in [3.8, 4) is 0 Å². The standard InChI is InChI=1S/C9H8N6O2/c10-8-12-13-9-11-7(16)6(14-15(8)9)4-5-2-1-3-17-5/h1-3H,4H2,(H2,10,12)(H,11,13,16). The minimum absolute atomic E-state index is 0.122. The normalized spacial score (nSPS) is 11.1. The molecular formula is C9H8N6O2. The average molecular weight is 232 g/mol. The highest BCUT2D eigenvalue weighted by atomic mass is 16.3. The first-order valence-electron chi connectivity index (χ1n) is 4.86. The van der Waals surface area contributed by atoms with Gasteiger partial charge in [0.1, 0.15) is 11.5 Å². The summed E-state index contributed by atoms with van der Waals surface area (Å²) in [5.41, 5.74) is 5.51. The molecule has 3 N–H and O–H groups in total. The number of H-pyrrole nitrogens is 1. The van der Waals surface area contributed by atoms with Crippen molar-refractivity contribution in [1.82, 2.24) is 24.8 Å². The number of hydrogen-bond acceptors (Lipinski definition) is 6. The molecule has 0 aliphatic rings. The minimum Gasteiger partial charge on any atom is -0.469 e. The molecule has 0 saturated heterocycles. The molecule has 0 unspecified atom stereocenters. The Hall–Kier alpha value is -2.64. The van der Waals surface area contributed by atoms with Gasteiger partial charge in [0.25, 0.3) is 11.3 Å². The van der Waals surface area contributed by atoms with Gasteiger partial charge in [-0.05, 0) is 12.1 Å². The van der Waals surface area contributed by atoms with Gasteiger partial charge in [0, 0.05) is 0 Å². The maximum Gasteiger partial charge on any atom is 0.274 e. The summed E-state index contributed by atoms with van der Waals surface area (Å²) in [5, 5.41) is 11.3. The number of nitrogens with one attached hydrogen (secondary N) is 1. The van der Waals surface area contributed by atoms with E-state index in [4.69, 9.17) is 10.2 Å². The summed E-state index contributed by atoms with van der Waals surface area (Å²) in [6.07, 6.45) is 1.82. The number of hydrogen-bond donors (Lipinski definition) is 2. The van der Waals surface area contributed by atoms with Crippen LogP contribution in [0.1, 0.15) is 11.5 Å². The van der Waals surface area contributed by atoms with Gasteiger partial charge >= 0.3 is 0 Å². The van der Waals surface area contributed by atoms with Crippen molar-refractivity contribution in [3.63, 3.8) is 0 Å². The molecule has 3 heterocycles. The molecule has 0 radical (unpaired) electrons. The molecule has 0 spiro atoms. The van der Waals surface area contributed by atoms with Crippen molar-refractivity contribution in [3.05, 3.63) is 40.2 Å². The SMILES string of the molecule is Nc1nnc2[nH]c(=O)c(Cc3ccco3)nn12. The Kier molecular flexibility index (Phi) is 1.94. The first-order chi connectivity index (χ1) is 8.24. The number of aromatic amines is 1. The van der Waals surface area contributed by atoms with Crippen LogP contribution in [0.3, 0.4) is 0 Å². The van der Waals surface area contributed by atoms with Crippen LogP contribution < -0.4 is 11.3 Å². The van der Waals surface area contributed by atoms with Gasteiger partial charge in [-0.25, -0.2) is 0 Å². The molecule has 0 aliphatic carbocycles. The number of rotatable bonds is 2. The zero-order valence-electron chi connectivity index (χ0n) is 8.62. The molecule has 3 aromatic rings. The number of fused-ring (bicyclic) bond motifs is 1. The van der Waals surface area contributed by atoms with E-state index in [9.17, 15) is 4.79 Å². The molecule has 0 amide bonds. The third kappa shape index (κ3) is 1.55. The highest BCUT2D eigenvalue weighted by Crippen LogP contribution is 2.05. The van der Waals surface area contributed by atoms with Crippen LogP contribution >= 0.6 is 0 Å². The molecule has 0 aromatic carbocycles. The predicted octanol–water partition coefficient (Wildman–Crippen LogP) is -0.421. The van der Waals surface area contributed by atoms with Crippen LogP contribution in [0.25, 0.3) is 5.78 Å². The van der Waals surface area contributed by atoms with Gasteiger partial charge in [-0.2, -0.15) is 9.61 Å². The Morgan fingerprint density at radius 1 is 1.47 bits per heavy atom. The van der Waals surface area contributed by atoms with Crippen LogP contribution in [0.2, 0.25) is 0 Å². The first-order valence-corrected chi connectivity index (χ1v) is 4.86. The Labute approximate surface area is 94.1 Å². The number of nitrogens with zero attached hydrogens (tertiary/aromatic N) is 4. The second-order valence-electron chi connectivity index (χ2n) is 3.45. The lowest BCUT2D eigenvalue weighted by molar-refractivity contribution is 0.517. The van der Waals surface area contributed by atoms with Gasteiger partial charge in [0.2, 0.25) is 5.95 Å². The molecule has 8 heteroatoms. The summed E-state index contributed by atoms with van der Waals surface area (Å²) < 4.78 is 6.43. The van der Waals surface area contributed by atoms with Gasteiger partial charge in [-0.15, -0.1) is 10.2 Å². The second kappa shape index (κ2) is 3.44. The topological polar surface area (TPSA) is 115 Å². The van der Waals surface area contributed by atoms with E-state index in [-0.39, 0.29) is 23.7 Å². The number of anilines is 1. The second-order valence-corrected chi connectivity index (χ2v) is 3.45. The van der Waals surface area contributed by atoms with E-state index in [1.165, 1.54) is 10.8 Å². The summed E-state index contributed by atoms with van der Waals surface area (Å²) in [6, 6.07) is 3.51. The number of furan rings is 1. The average Bonchev–Trinajstić information content (AvgIpc) is 2.92. The van der Waals surface area contributed by atoms with Gasteiger partial charge in [0.05, 0.1) is 12.7 Å². The Morgan fingerprint density at radius 3 is 3.12 bits per heavy atom. The van der Waals surface area contributed by atoms with Crippen molar-refractivity contribution in [2.45, 2.75) is 6.42 Å². The monoisotopic (exact) mass is 232 g/mol. The predicted molar refractivity (Wildman–Crippen MR) is 57.3 cm³/mol. The van der Waals surface area contributed by atoms with Crippen LogP contribution in [-0.4, -0.2) is 24.8 Å². The number of nitrogen functional groups attached to an aromatic ring is 1. The van der Waals surface area contributed by atoms with Crippen molar-refractivity contribution >= 4 is 11.7 Å². The van der Waals surface area contributed by atoms with E-state index < -0.39 is 0 Å². The fraction of sp³-hybridized carbons (Fsp3) is 0.111. The first kappa shape index (κ1) is 9.58. The van der Waals surface area contributed by atoms with E-state index in [1.807, 2.05) is 0 Å². The van der Waals surface area contributed by atoms with Crippen molar-refractivity contribution in [1.29, 1.82) is 0 Å². The van der Waals surface area contributed by atoms with E-state index >= 15 is 0 Å². The molecule has 17 heavy (non-hydrogen) atoms. The summed E-state index contributed by atoms with van der Waals surface area (Å²) in [5.74, 6) is 0.988. The fourth-order valence-electron chi connectivity index (χ4n) is 1.50. The molecule has 86 valence electrons. The minimum atomic E-state index is -0.332. The van der Waals surface area contributed by atoms with Crippen LogP contribution in [0.5, 0.6) is 0 Å². The lowest BCUT2D eigenvalue weighted by Crippen LogP contribution is -2.19. The Bertz CT molecular complexity index is 711. The molecule has 0 bridgehead atoms. The highest BCUT2D eigenvalue weighted by Gasteiger charge is 2.10. The summed E-state index contributed by atoms with van der Waals surface area (Å²) in [7, 11) is 0. The van der Waals surface area contributed by atoms with Gasteiger partial charge in [-0.1, -0.05) is 0 Å². The Morgan fingerprint density at radius 2 is 2.35 bits per heavy atom. The summed E-state index contributed by atoms with van der Waals surface area (Å²) >= 11 is 0. The summed E-state index contributed by atoms with van der Waals surface area (Å²) in [6.45, 7) is 0. The zero-order chi connectivity index (χ0) is 11.8. The molecular weight excluding hydrogens is 224 g/mol. The van der Waals surface area contributed by atoms with E-state index in [2.05, 4.69) is 20.3 Å². The van der Waals surface area contributed by atoms with Gasteiger partial charge in [-0.3, -0.25) is 9.78 Å². The molecule has 0 atom stereocenters. The smallest absolute Gasteiger partial charge is 0.274 e. The molecule has 3 aromatic heterocycles. The molecule has 8 nitrogen and oxygen atoms in total. The van der Waals surface area contributed by atoms with Gasteiger partial charge < -0.3 is 10.2 Å². The highest BCUT2D eigenvalue weighted by molar-refractivity contribution is 5.33. The molecule has 0 aliphatic heterocycles. The lowest BCUT2D eigenvalue weighted by Gasteiger charge is -1.98. The molecule has 0 fully saturated rings. The maximum atomic E-state index is 11.7. The van der Waals surface area contributed by atoms with E-state index in [0.717, 1.165) is 0 Å². The maximum absolute atomic E-state index is 11.7. The van der Waals surface area contributed by atoms with Crippen molar-refractivity contribution in [2.24, 2.45) is 0 Å².